The van der Waals surface area contributed by atoms with Crippen LogP contribution in [0.25, 0.3) is 5.57 Å². The largest absolute Gasteiger partial charge is 0.490 e. The Balaban J connectivity index is 2.50. The minimum atomic E-state index is -2.45. The number of allylic oxidation sites excluding steroid dienone is 2. The van der Waals surface area contributed by atoms with E-state index in [4.69, 9.17) is 4.74 Å². The molecule has 1 aromatic rings. The molecule has 0 heterocycles. The molecule has 4 nitrogen and oxygen atoms in total. The van der Waals surface area contributed by atoms with Gasteiger partial charge in [0, 0.05) is 5.56 Å². The van der Waals surface area contributed by atoms with Crippen LogP contribution >= 0.6 is 0 Å². The maximum atomic E-state index is 11.1. The summed E-state index contributed by atoms with van der Waals surface area (Å²) < 4.78 is 27.9. The van der Waals surface area contributed by atoms with E-state index in [0.717, 1.165) is 5.56 Å². The summed E-state index contributed by atoms with van der Waals surface area (Å²) in [7, 11) is -2.45. The molecule has 0 aliphatic heterocycles. The predicted octanol–water partition coefficient (Wildman–Crippen LogP) is 1.84. The highest BCUT2D eigenvalue weighted by molar-refractivity contribution is 7.73. The first kappa shape index (κ1) is 14.6. The van der Waals surface area contributed by atoms with Gasteiger partial charge >= 0.3 is 0 Å². The molecule has 2 rings (SSSR count). The molecule has 1 N–H and O–H groups in total. The molecule has 1 aliphatic rings. The van der Waals surface area contributed by atoms with E-state index in [1.54, 1.807) is 6.08 Å². The first-order chi connectivity index (χ1) is 9.49. The van der Waals surface area contributed by atoms with Crippen LogP contribution in [-0.4, -0.2) is 30.6 Å². The van der Waals surface area contributed by atoms with Gasteiger partial charge in [0.25, 0.3) is 0 Å². The summed E-state index contributed by atoms with van der Waals surface area (Å²) in [6.07, 6.45) is 3.55. The van der Waals surface area contributed by atoms with E-state index in [-0.39, 0.29) is 11.0 Å². The van der Waals surface area contributed by atoms with Crippen LogP contribution in [0.4, 0.5) is 0 Å². The minimum Gasteiger partial charge on any atom is -0.490 e. The fourth-order valence-corrected chi connectivity index (χ4v) is 2.45. The topological polar surface area (TPSA) is 63.6 Å². The van der Waals surface area contributed by atoms with Crippen LogP contribution in [-0.2, 0) is 10.3 Å². The van der Waals surface area contributed by atoms with Crippen molar-refractivity contribution < 1.29 is 18.3 Å². The molecule has 0 saturated heterocycles. The monoisotopic (exact) mass is 292 g/mol. The third-order valence-electron chi connectivity index (χ3n) is 2.80. The van der Waals surface area contributed by atoms with E-state index >= 15 is 0 Å². The van der Waals surface area contributed by atoms with Crippen LogP contribution < -0.4 is 4.74 Å². The number of rotatable bonds is 3. The third-order valence-corrected chi connectivity index (χ3v) is 3.54. The van der Waals surface area contributed by atoms with Crippen molar-refractivity contribution in [2.24, 2.45) is 0 Å². The van der Waals surface area contributed by atoms with Crippen LogP contribution in [0.15, 0.2) is 42.5 Å². The molecule has 0 fully saturated rings. The molecule has 0 saturated carbocycles. The lowest BCUT2D eigenvalue weighted by atomic mass is 9.97. The molecule has 5 heteroatoms. The number of ether oxygens (including phenoxy) is 1. The number of aliphatic hydroxyl groups is 1. The van der Waals surface area contributed by atoms with Crippen LogP contribution in [0.3, 0.4) is 0 Å². The average molecular weight is 292 g/mol. The zero-order valence-electron chi connectivity index (χ0n) is 11.3. The Morgan fingerprint density at radius 1 is 1.25 bits per heavy atom. The van der Waals surface area contributed by atoms with E-state index in [1.165, 1.54) is 12.2 Å². The van der Waals surface area contributed by atoms with Gasteiger partial charge in [0.05, 0.1) is 6.10 Å². The summed E-state index contributed by atoms with van der Waals surface area (Å²) in [5, 5.41) is 9.63. The SMILES string of the molecule is CC(C)Oc1ccccc1C1=CC(=S(=O)=O)C(O)C=C1. The smallest absolute Gasteiger partial charge is 0.220 e. The lowest BCUT2D eigenvalue weighted by molar-refractivity contribution is 0.242. The summed E-state index contributed by atoms with van der Waals surface area (Å²) in [6, 6.07) is 7.41. The Kier molecular flexibility index (Phi) is 4.42. The Morgan fingerprint density at radius 3 is 2.60 bits per heavy atom. The van der Waals surface area contributed by atoms with Gasteiger partial charge < -0.3 is 9.84 Å². The molecule has 0 spiro atoms. The second kappa shape index (κ2) is 6.07. The van der Waals surface area contributed by atoms with Crippen molar-refractivity contribution in [3.8, 4) is 5.75 Å². The molecule has 106 valence electrons. The highest BCUT2D eigenvalue weighted by atomic mass is 32.2. The van der Waals surface area contributed by atoms with Gasteiger partial charge in [-0.2, -0.15) is 8.42 Å². The normalized spacial score (nSPS) is 18.1. The first-order valence-corrected chi connectivity index (χ1v) is 7.36. The maximum Gasteiger partial charge on any atom is 0.220 e. The number of hydrogen-bond donors (Lipinski definition) is 1. The van der Waals surface area contributed by atoms with Crippen molar-refractivity contribution in [1.29, 1.82) is 0 Å². The second-order valence-corrected chi connectivity index (χ2v) is 5.64. The zero-order chi connectivity index (χ0) is 14.7. The Hall–Kier alpha value is -1.85. The van der Waals surface area contributed by atoms with E-state index in [9.17, 15) is 13.5 Å². The van der Waals surface area contributed by atoms with Gasteiger partial charge in [-0.25, -0.2) is 0 Å². The number of aliphatic hydroxyl groups excluding tert-OH is 1. The maximum absolute atomic E-state index is 11.1. The van der Waals surface area contributed by atoms with Crippen molar-refractivity contribution in [2.75, 3.05) is 0 Å². The summed E-state index contributed by atoms with van der Waals surface area (Å²) in [4.78, 5) is -0.0400. The molecule has 1 unspecified atom stereocenters. The molecule has 0 amide bonds. The van der Waals surface area contributed by atoms with Gasteiger partial charge in [-0.05, 0) is 31.6 Å². The number of hydrogen-bond acceptors (Lipinski definition) is 4. The van der Waals surface area contributed by atoms with E-state index in [2.05, 4.69) is 0 Å². The lowest BCUT2D eigenvalue weighted by Gasteiger charge is -2.17. The van der Waals surface area contributed by atoms with Crippen molar-refractivity contribution in [1.82, 2.24) is 0 Å². The Morgan fingerprint density at radius 2 is 1.95 bits per heavy atom. The molecular weight excluding hydrogens is 276 g/mol. The zero-order valence-corrected chi connectivity index (χ0v) is 12.1. The van der Waals surface area contributed by atoms with Gasteiger partial charge in [-0.1, -0.05) is 30.4 Å². The van der Waals surface area contributed by atoms with Crippen molar-refractivity contribution >= 4 is 20.7 Å². The van der Waals surface area contributed by atoms with E-state index < -0.39 is 16.4 Å². The summed E-state index contributed by atoms with van der Waals surface area (Å²) in [5.41, 5.74) is 1.50. The van der Waals surface area contributed by atoms with Gasteiger partial charge in [0.2, 0.25) is 10.3 Å². The Labute approximate surface area is 119 Å². The van der Waals surface area contributed by atoms with E-state index in [1.807, 2.05) is 38.1 Å². The van der Waals surface area contributed by atoms with Crippen LogP contribution in [0.1, 0.15) is 19.4 Å². The van der Waals surface area contributed by atoms with Crippen LogP contribution in [0, 0.1) is 0 Å². The lowest BCUT2D eigenvalue weighted by Crippen LogP contribution is -2.19. The summed E-state index contributed by atoms with van der Waals surface area (Å²) >= 11 is 0. The fraction of sp³-hybridized carbons (Fsp3) is 0.267. The second-order valence-electron chi connectivity index (χ2n) is 4.70. The third kappa shape index (κ3) is 3.18. The number of para-hydroxylation sites is 1. The van der Waals surface area contributed by atoms with Crippen molar-refractivity contribution in [3.63, 3.8) is 0 Å². The number of benzene rings is 1. The van der Waals surface area contributed by atoms with Crippen LogP contribution in [0.5, 0.6) is 5.75 Å². The summed E-state index contributed by atoms with van der Waals surface area (Å²) in [6.45, 7) is 3.85. The van der Waals surface area contributed by atoms with Gasteiger partial charge in [-0.3, -0.25) is 0 Å². The summed E-state index contributed by atoms with van der Waals surface area (Å²) in [5.74, 6) is 0.686. The van der Waals surface area contributed by atoms with Gasteiger partial charge in [0.1, 0.15) is 16.7 Å². The quantitative estimate of drug-likeness (QED) is 0.863. The minimum absolute atomic E-state index is 0.0204. The molecule has 1 atom stereocenters. The molecule has 1 aromatic carbocycles. The van der Waals surface area contributed by atoms with E-state index in [0.29, 0.717) is 11.3 Å². The molecule has 0 bridgehead atoms. The van der Waals surface area contributed by atoms with Crippen molar-refractivity contribution in [2.45, 2.75) is 26.1 Å². The average Bonchev–Trinajstić information content (AvgIpc) is 2.39. The molecule has 0 radical (unpaired) electrons. The van der Waals surface area contributed by atoms with Crippen LogP contribution in [0.2, 0.25) is 0 Å². The molecule has 20 heavy (non-hydrogen) atoms. The highest BCUT2D eigenvalue weighted by Gasteiger charge is 2.17. The Bertz CT molecular complexity index is 688. The first-order valence-electron chi connectivity index (χ1n) is 6.29. The van der Waals surface area contributed by atoms with Gasteiger partial charge in [-0.15, -0.1) is 0 Å². The highest BCUT2D eigenvalue weighted by Crippen LogP contribution is 2.29. The van der Waals surface area contributed by atoms with Crippen molar-refractivity contribution in [3.05, 3.63) is 48.1 Å². The molecule has 1 aliphatic carbocycles. The fourth-order valence-electron chi connectivity index (χ4n) is 1.95. The molecule has 0 aromatic heterocycles. The predicted molar refractivity (Wildman–Crippen MR) is 79.3 cm³/mol. The van der Waals surface area contributed by atoms with Gasteiger partial charge in [0.15, 0.2) is 0 Å². The molecular formula is C15H16O4S. The standard InChI is InChI=1S/C15H16O4S/c1-10(2)19-14-6-4-3-5-12(14)11-7-8-13(16)15(9-11)20(17)18/h3-10,13,16H,1-2H3.